The van der Waals surface area contributed by atoms with Crippen LogP contribution in [0.25, 0.3) is 0 Å². The topological polar surface area (TPSA) is 59.5 Å². The van der Waals surface area contributed by atoms with Crippen molar-refractivity contribution in [1.82, 2.24) is 4.90 Å². The molecule has 2 aromatic rings. The van der Waals surface area contributed by atoms with Crippen LogP contribution in [-0.4, -0.2) is 17.9 Å². The molecule has 0 atom stereocenters. The molecule has 0 saturated heterocycles. The molecule has 1 amide bonds. The molecule has 2 N–H and O–H groups in total. The summed E-state index contributed by atoms with van der Waals surface area (Å²) in [5.74, 6) is 0.572. The summed E-state index contributed by atoms with van der Waals surface area (Å²) >= 11 is 1.70. The van der Waals surface area contributed by atoms with E-state index in [1.165, 1.54) is 16.0 Å². The zero-order chi connectivity index (χ0) is 13.1. The Morgan fingerprint density at radius 1 is 1.50 bits per heavy atom. The molecule has 2 aromatic heterocycles. The number of carbonyl (C=O) groups excluding carboxylic acids is 1. The predicted molar refractivity (Wildman–Crippen MR) is 71.5 cm³/mol. The minimum absolute atomic E-state index is 0.0514. The fraction of sp³-hybridized carbons (Fsp3) is 0.308. The van der Waals surface area contributed by atoms with Gasteiger partial charge >= 0.3 is 0 Å². The molecule has 0 aliphatic heterocycles. The van der Waals surface area contributed by atoms with Gasteiger partial charge in [0.25, 0.3) is 5.91 Å². The van der Waals surface area contributed by atoms with Crippen molar-refractivity contribution in [2.24, 2.45) is 5.73 Å². The lowest BCUT2D eigenvalue weighted by molar-refractivity contribution is 0.0786. The summed E-state index contributed by atoms with van der Waals surface area (Å²) in [5.41, 5.74) is 6.00. The second-order valence-corrected chi connectivity index (χ2v) is 5.55. The van der Waals surface area contributed by atoms with Crippen LogP contribution in [0.3, 0.4) is 0 Å². The molecular weight excluding hydrogens is 248 g/mol. The molecule has 2 heterocycles. The van der Waals surface area contributed by atoms with Gasteiger partial charge in [0.05, 0.1) is 18.7 Å². The molecule has 96 valence electrons. The van der Waals surface area contributed by atoms with Crippen LogP contribution in [0.1, 0.15) is 25.9 Å². The fourth-order valence-electron chi connectivity index (χ4n) is 1.70. The Bertz CT molecular complexity index is 545. The number of hydrogen-bond donors (Lipinski definition) is 1. The van der Waals surface area contributed by atoms with Gasteiger partial charge in [-0.1, -0.05) is 0 Å². The van der Waals surface area contributed by atoms with Crippen molar-refractivity contribution in [1.29, 1.82) is 0 Å². The zero-order valence-electron chi connectivity index (χ0n) is 10.5. The van der Waals surface area contributed by atoms with E-state index in [0.29, 0.717) is 24.4 Å². The molecule has 0 fully saturated rings. The van der Waals surface area contributed by atoms with E-state index in [1.807, 2.05) is 6.07 Å². The molecular formula is C13H16N2O2S. The summed E-state index contributed by atoms with van der Waals surface area (Å²) in [4.78, 5) is 16.2. The van der Waals surface area contributed by atoms with Crippen LogP contribution in [0.4, 0.5) is 0 Å². The van der Waals surface area contributed by atoms with Gasteiger partial charge in [0.2, 0.25) is 0 Å². The average Bonchev–Trinajstić information content (AvgIpc) is 2.97. The molecule has 4 nitrogen and oxygen atoms in total. The monoisotopic (exact) mass is 264 g/mol. The molecule has 0 aliphatic rings. The van der Waals surface area contributed by atoms with Crippen LogP contribution in [0, 0.1) is 6.92 Å². The van der Waals surface area contributed by atoms with Crippen LogP contribution in [-0.2, 0) is 13.1 Å². The van der Waals surface area contributed by atoms with Gasteiger partial charge in [0.15, 0.2) is 0 Å². The van der Waals surface area contributed by atoms with Crippen LogP contribution in [0.2, 0.25) is 0 Å². The molecule has 0 radical (unpaired) electrons. The highest BCUT2D eigenvalue weighted by Gasteiger charge is 2.15. The first-order valence-corrected chi connectivity index (χ1v) is 6.50. The number of hydrogen-bond acceptors (Lipinski definition) is 4. The lowest BCUT2D eigenvalue weighted by Gasteiger charge is -2.14. The number of nitrogens with zero attached hydrogens (tertiary/aromatic N) is 1. The normalized spacial score (nSPS) is 10.6. The van der Waals surface area contributed by atoms with E-state index in [9.17, 15) is 4.79 Å². The van der Waals surface area contributed by atoms with E-state index < -0.39 is 0 Å². The Kier molecular flexibility index (Phi) is 3.84. The van der Waals surface area contributed by atoms with Crippen molar-refractivity contribution in [2.75, 3.05) is 7.05 Å². The maximum absolute atomic E-state index is 12.1. The molecule has 18 heavy (non-hydrogen) atoms. The molecule has 0 bridgehead atoms. The SMILES string of the molecule is Cc1ccc(CN(C)C(=O)c2coc(CN)c2)s1. The Morgan fingerprint density at radius 2 is 2.28 bits per heavy atom. The minimum atomic E-state index is -0.0514. The van der Waals surface area contributed by atoms with E-state index in [-0.39, 0.29) is 5.91 Å². The molecule has 0 aromatic carbocycles. The van der Waals surface area contributed by atoms with Crippen molar-refractivity contribution < 1.29 is 9.21 Å². The number of carbonyl (C=O) groups is 1. The van der Waals surface area contributed by atoms with Gasteiger partial charge < -0.3 is 15.1 Å². The fourth-order valence-corrected chi connectivity index (χ4v) is 2.64. The highest BCUT2D eigenvalue weighted by molar-refractivity contribution is 7.11. The first kappa shape index (κ1) is 12.9. The number of aryl methyl sites for hydroxylation is 1. The summed E-state index contributed by atoms with van der Waals surface area (Å²) < 4.78 is 5.17. The highest BCUT2D eigenvalue weighted by atomic mass is 32.1. The molecule has 5 heteroatoms. The Balaban J connectivity index is 2.04. The maximum Gasteiger partial charge on any atom is 0.257 e. The van der Waals surface area contributed by atoms with Crippen LogP contribution in [0.15, 0.2) is 28.9 Å². The lowest BCUT2D eigenvalue weighted by Crippen LogP contribution is -2.25. The van der Waals surface area contributed by atoms with Gasteiger partial charge in [-0.2, -0.15) is 0 Å². The smallest absolute Gasteiger partial charge is 0.257 e. The maximum atomic E-state index is 12.1. The molecule has 2 rings (SSSR count). The number of nitrogens with two attached hydrogens (primary N) is 1. The quantitative estimate of drug-likeness (QED) is 0.922. The third-order valence-electron chi connectivity index (χ3n) is 2.64. The summed E-state index contributed by atoms with van der Waals surface area (Å²) in [5, 5.41) is 0. The third kappa shape index (κ3) is 2.80. The van der Waals surface area contributed by atoms with E-state index in [1.54, 1.807) is 29.4 Å². The van der Waals surface area contributed by atoms with Gasteiger partial charge in [-0.05, 0) is 25.1 Å². The number of rotatable bonds is 4. The van der Waals surface area contributed by atoms with Crippen LogP contribution >= 0.6 is 11.3 Å². The summed E-state index contributed by atoms with van der Waals surface area (Å²) in [6.07, 6.45) is 1.46. The Hall–Kier alpha value is -1.59. The van der Waals surface area contributed by atoms with E-state index in [0.717, 1.165) is 0 Å². The molecule has 0 spiro atoms. The van der Waals surface area contributed by atoms with Crippen molar-refractivity contribution in [3.63, 3.8) is 0 Å². The second kappa shape index (κ2) is 5.37. The van der Waals surface area contributed by atoms with E-state index >= 15 is 0 Å². The van der Waals surface area contributed by atoms with Gasteiger partial charge in [0.1, 0.15) is 12.0 Å². The number of furan rings is 1. The van der Waals surface area contributed by atoms with Crippen molar-refractivity contribution in [2.45, 2.75) is 20.0 Å². The highest BCUT2D eigenvalue weighted by Crippen LogP contribution is 2.18. The van der Waals surface area contributed by atoms with Crippen molar-refractivity contribution in [3.8, 4) is 0 Å². The summed E-state index contributed by atoms with van der Waals surface area (Å²) in [6.45, 7) is 2.97. The van der Waals surface area contributed by atoms with Gasteiger partial charge in [-0.15, -0.1) is 11.3 Å². The van der Waals surface area contributed by atoms with Gasteiger partial charge in [-0.25, -0.2) is 0 Å². The Labute approximate surface area is 110 Å². The first-order valence-electron chi connectivity index (χ1n) is 5.68. The number of thiophene rings is 1. The summed E-state index contributed by atoms with van der Waals surface area (Å²) in [6, 6.07) is 5.80. The second-order valence-electron chi connectivity index (χ2n) is 4.18. The zero-order valence-corrected chi connectivity index (χ0v) is 11.3. The first-order chi connectivity index (χ1) is 8.60. The molecule has 0 aliphatic carbocycles. The summed E-state index contributed by atoms with van der Waals surface area (Å²) in [7, 11) is 1.78. The number of amides is 1. The average molecular weight is 264 g/mol. The minimum Gasteiger partial charge on any atom is -0.467 e. The standard InChI is InChI=1S/C13H16N2O2S/c1-9-3-4-12(18-9)7-15(2)13(16)10-5-11(6-14)17-8-10/h3-5,8H,6-7,14H2,1-2H3. The van der Waals surface area contributed by atoms with Crippen molar-refractivity contribution in [3.05, 3.63) is 45.5 Å². The molecule has 0 unspecified atom stereocenters. The van der Waals surface area contributed by atoms with E-state index in [2.05, 4.69) is 13.0 Å². The van der Waals surface area contributed by atoms with Crippen LogP contribution < -0.4 is 5.73 Å². The largest absolute Gasteiger partial charge is 0.467 e. The Morgan fingerprint density at radius 3 is 2.83 bits per heavy atom. The van der Waals surface area contributed by atoms with Gasteiger partial charge in [0, 0.05) is 16.8 Å². The lowest BCUT2D eigenvalue weighted by atomic mass is 10.2. The molecule has 0 saturated carbocycles. The van der Waals surface area contributed by atoms with Crippen molar-refractivity contribution >= 4 is 17.2 Å². The van der Waals surface area contributed by atoms with Crippen LogP contribution in [0.5, 0.6) is 0 Å². The van der Waals surface area contributed by atoms with Gasteiger partial charge in [-0.3, -0.25) is 4.79 Å². The predicted octanol–water partition coefficient (Wildman–Crippen LogP) is 2.38. The third-order valence-corrected chi connectivity index (χ3v) is 3.62. The van der Waals surface area contributed by atoms with E-state index in [4.69, 9.17) is 10.2 Å².